The molecule has 2 heterocycles. The van der Waals surface area contributed by atoms with Gasteiger partial charge in [-0.25, -0.2) is 0 Å². The van der Waals surface area contributed by atoms with Crippen molar-refractivity contribution in [3.05, 3.63) is 89.0 Å². The summed E-state index contributed by atoms with van der Waals surface area (Å²) in [6.45, 7) is 4.74. The van der Waals surface area contributed by atoms with Gasteiger partial charge in [0.25, 0.3) is 11.8 Å². The predicted molar refractivity (Wildman–Crippen MR) is 142 cm³/mol. The third-order valence-corrected chi connectivity index (χ3v) is 6.89. The minimum Gasteiger partial charge on any atom is -0.497 e. The zero-order valence-corrected chi connectivity index (χ0v) is 21.0. The lowest BCUT2D eigenvalue weighted by Gasteiger charge is -2.31. The Labute approximate surface area is 216 Å². The van der Waals surface area contributed by atoms with Crippen LogP contribution in [-0.4, -0.2) is 55.9 Å². The number of piperazine rings is 1. The van der Waals surface area contributed by atoms with Gasteiger partial charge in [0.1, 0.15) is 5.75 Å². The highest BCUT2D eigenvalue weighted by atomic mass is 16.5. The van der Waals surface area contributed by atoms with Crippen molar-refractivity contribution in [3.8, 4) is 5.75 Å². The van der Waals surface area contributed by atoms with Gasteiger partial charge in [0.15, 0.2) is 0 Å². The zero-order chi connectivity index (χ0) is 25.9. The van der Waals surface area contributed by atoms with Crippen molar-refractivity contribution in [2.75, 3.05) is 43.5 Å². The Balaban J connectivity index is 1.59. The number of carbonyl (C=O) groups is 3. The lowest BCUT2D eigenvalue weighted by Crippen LogP contribution is -2.46. The van der Waals surface area contributed by atoms with Gasteiger partial charge in [-0.15, -0.1) is 0 Å². The third-order valence-electron chi connectivity index (χ3n) is 6.89. The first-order valence-corrected chi connectivity index (χ1v) is 12.4. The van der Waals surface area contributed by atoms with E-state index in [1.54, 1.807) is 59.4 Å². The van der Waals surface area contributed by atoms with Crippen LogP contribution in [0.4, 0.5) is 11.4 Å². The molecule has 8 nitrogen and oxygen atoms in total. The van der Waals surface area contributed by atoms with Crippen LogP contribution in [0.3, 0.4) is 0 Å². The number of benzene rings is 3. The van der Waals surface area contributed by atoms with E-state index in [9.17, 15) is 14.4 Å². The van der Waals surface area contributed by atoms with Crippen LogP contribution in [0.1, 0.15) is 44.3 Å². The molecule has 190 valence electrons. The molecular formula is C29H30N4O4. The van der Waals surface area contributed by atoms with E-state index in [-0.39, 0.29) is 24.1 Å². The fourth-order valence-electron chi connectivity index (χ4n) is 4.84. The van der Waals surface area contributed by atoms with E-state index >= 15 is 0 Å². The van der Waals surface area contributed by atoms with E-state index in [4.69, 9.17) is 4.74 Å². The smallest absolute Gasteiger partial charge is 0.258 e. The lowest BCUT2D eigenvalue weighted by atomic mass is 9.98. The van der Waals surface area contributed by atoms with Crippen LogP contribution in [0.15, 0.2) is 66.7 Å². The Bertz CT molecular complexity index is 1310. The van der Waals surface area contributed by atoms with Crippen molar-refractivity contribution < 1.29 is 19.1 Å². The molecule has 0 aliphatic carbocycles. The number of nitrogens with one attached hydrogen (secondary N) is 2. The number of aryl methyl sites for hydroxylation is 1. The van der Waals surface area contributed by atoms with Gasteiger partial charge < -0.3 is 20.3 Å². The topological polar surface area (TPSA) is 91.0 Å². The van der Waals surface area contributed by atoms with Crippen molar-refractivity contribution in [1.29, 1.82) is 0 Å². The van der Waals surface area contributed by atoms with Gasteiger partial charge >= 0.3 is 0 Å². The minimum atomic E-state index is -0.522. The van der Waals surface area contributed by atoms with Gasteiger partial charge in [-0.1, -0.05) is 29.8 Å². The Morgan fingerprint density at radius 2 is 1.57 bits per heavy atom. The summed E-state index contributed by atoms with van der Waals surface area (Å²) in [6, 6.07) is 19.4. The molecule has 5 rings (SSSR count). The van der Waals surface area contributed by atoms with Gasteiger partial charge in [-0.3, -0.25) is 19.3 Å². The molecule has 0 radical (unpaired) electrons. The second-order valence-electron chi connectivity index (χ2n) is 9.36. The number of fused-ring (bicyclic) bond motifs is 1. The summed E-state index contributed by atoms with van der Waals surface area (Å²) in [5.41, 5.74) is 3.89. The summed E-state index contributed by atoms with van der Waals surface area (Å²) in [5, 5.41) is 6.20. The molecule has 1 saturated heterocycles. The number of ether oxygens (including phenoxy) is 1. The molecule has 3 aromatic rings. The highest BCUT2D eigenvalue weighted by molar-refractivity contribution is 6.12. The van der Waals surface area contributed by atoms with Gasteiger partial charge in [0.05, 0.1) is 30.9 Å². The number of amides is 3. The van der Waals surface area contributed by atoms with Gasteiger partial charge in [-0.05, 0) is 55.0 Å². The molecule has 0 aromatic heterocycles. The zero-order valence-electron chi connectivity index (χ0n) is 21.0. The average molecular weight is 499 g/mol. The summed E-state index contributed by atoms with van der Waals surface area (Å²) in [4.78, 5) is 43.7. The van der Waals surface area contributed by atoms with Crippen molar-refractivity contribution in [1.82, 2.24) is 10.2 Å². The quantitative estimate of drug-likeness (QED) is 0.571. The molecule has 1 unspecified atom stereocenters. The number of anilines is 2. The Morgan fingerprint density at radius 3 is 2.24 bits per heavy atom. The van der Waals surface area contributed by atoms with Crippen LogP contribution in [-0.2, 0) is 4.79 Å². The maximum Gasteiger partial charge on any atom is 0.258 e. The summed E-state index contributed by atoms with van der Waals surface area (Å²) in [6.07, 6.45) is 0.0840. The molecule has 37 heavy (non-hydrogen) atoms. The number of hydrogen-bond donors (Lipinski definition) is 2. The van der Waals surface area contributed by atoms with Gasteiger partial charge in [0.2, 0.25) is 5.91 Å². The van der Waals surface area contributed by atoms with E-state index in [1.807, 2.05) is 31.2 Å². The maximum absolute atomic E-state index is 14.0. The maximum atomic E-state index is 14.0. The second-order valence-corrected chi connectivity index (χ2v) is 9.36. The predicted octanol–water partition coefficient (Wildman–Crippen LogP) is 3.78. The fourth-order valence-corrected chi connectivity index (χ4v) is 4.84. The molecule has 3 aromatic carbocycles. The molecule has 1 fully saturated rings. The van der Waals surface area contributed by atoms with Crippen molar-refractivity contribution in [2.24, 2.45) is 0 Å². The third kappa shape index (κ3) is 5.06. The van der Waals surface area contributed by atoms with E-state index in [1.165, 1.54) is 0 Å². The first-order chi connectivity index (χ1) is 17.9. The average Bonchev–Trinajstić information content (AvgIpc) is 3.08. The standard InChI is InChI=1S/C29H30N4O4/c1-19-3-5-20(6-4-19)26-18-27(34)31-24-17-22(28(35)32-15-13-30-14-16-32)9-12-25(24)33(26)29(36)21-7-10-23(37-2)11-8-21/h3-12,17,26,30H,13-16,18H2,1-2H3,(H,31,34). The Hall–Kier alpha value is -4.17. The van der Waals surface area contributed by atoms with E-state index in [2.05, 4.69) is 10.6 Å². The molecule has 8 heteroatoms. The highest BCUT2D eigenvalue weighted by Gasteiger charge is 2.35. The number of carbonyl (C=O) groups excluding carboxylic acids is 3. The van der Waals surface area contributed by atoms with Crippen LogP contribution in [0.5, 0.6) is 5.75 Å². The van der Waals surface area contributed by atoms with Crippen LogP contribution < -0.4 is 20.3 Å². The molecule has 0 spiro atoms. The largest absolute Gasteiger partial charge is 0.497 e. The van der Waals surface area contributed by atoms with Crippen LogP contribution >= 0.6 is 0 Å². The van der Waals surface area contributed by atoms with Gasteiger partial charge in [-0.2, -0.15) is 0 Å². The number of methoxy groups -OCH3 is 1. The summed E-state index contributed by atoms with van der Waals surface area (Å²) in [5.74, 6) is 0.0949. The molecule has 2 N–H and O–H groups in total. The molecule has 0 saturated carbocycles. The van der Waals surface area contributed by atoms with Crippen molar-refractivity contribution in [2.45, 2.75) is 19.4 Å². The Morgan fingerprint density at radius 1 is 0.892 bits per heavy atom. The molecule has 1 atom stereocenters. The van der Waals surface area contributed by atoms with Gasteiger partial charge in [0, 0.05) is 37.3 Å². The number of hydrogen-bond acceptors (Lipinski definition) is 5. The van der Waals surface area contributed by atoms with Crippen LogP contribution in [0.25, 0.3) is 0 Å². The highest BCUT2D eigenvalue weighted by Crippen LogP contribution is 2.40. The minimum absolute atomic E-state index is 0.0840. The van der Waals surface area contributed by atoms with Crippen molar-refractivity contribution in [3.63, 3.8) is 0 Å². The first-order valence-electron chi connectivity index (χ1n) is 12.4. The summed E-state index contributed by atoms with van der Waals surface area (Å²) in [7, 11) is 1.58. The first kappa shape index (κ1) is 24.5. The molecule has 2 aliphatic rings. The number of nitrogens with zero attached hydrogens (tertiary/aromatic N) is 2. The lowest BCUT2D eigenvalue weighted by molar-refractivity contribution is -0.116. The van der Waals surface area contributed by atoms with E-state index < -0.39 is 6.04 Å². The molecule has 0 bridgehead atoms. The van der Waals surface area contributed by atoms with Crippen LogP contribution in [0, 0.1) is 6.92 Å². The van der Waals surface area contributed by atoms with E-state index in [0.29, 0.717) is 41.3 Å². The van der Waals surface area contributed by atoms with Crippen LogP contribution in [0.2, 0.25) is 0 Å². The monoisotopic (exact) mass is 498 g/mol. The molecule has 3 amide bonds. The molecular weight excluding hydrogens is 468 g/mol. The number of rotatable bonds is 4. The molecule has 2 aliphatic heterocycles. The normalized spacial score (nSPS) is 17.5. The summed E-state index contributed by atoms with van der Waals surface area (Å²) >= 11 is 0. The van der Waals surface area contributed by atoms with Crippen molar-refractivity contribution >= 4 is 29.1 Å². The second kappa shape index (κ2) is 10.4. The Kier molecular flexibility index (Phi) is 6.92. The fraction of sp³-hybridized carbons (Fsp3) is 0.276. The summed E-state index contributed by atoms with van der Waals surface area (Å²) < 4.78 is 5.25. The SMILES string of the molecule is COc1ccc(C(=O)N2c3ccc(C(=O)N4CCNCC4)cc3NC(=O)CC2c2ccc(C)cc2)cc1. The van der Waals surface area contributed by atoms with E-state index in [0.717, 1.165) is 24.2 Å².